The highest BCUT2D eigenvalue weighted by Gasteiger charge is 2.19. The van der Waals surface area contributed by atoms with Gasteiger partial charge in [0, 0.05) is 19.3 Å². The summed E-state index contributed by atoms with van der Waals surface area (Å²) in [4.78, 5) is 38.0. The zero-order chi connectivity index (χ0) is 51.4. The van der Waals surface area contributed by atoms with Gasteiger partial charge in [-0.2, -0.15) is 0 Å². The predicted molar refractivity (Wildman–Crippen MR) is 306 cm³/mol. The smallest absolute Gasteiger partial charge is 0.306 e. The Morgan fingerprint density at radius 3 is 0.859 bits per heavy atom. The third kappa shape index (κ3) is 56.6. The molecule has 0 aromatic carbocycles. The molecule has 0 saturated heterocycles. The molecule has 0 radical (unpaired) electrons. The molecule has 1 atom stereocenters. The van der Waals surface area contributed by atoms with Crippen LogP contribution in [0, 0.1) is 0 Å². The van der Waals surface area contributed by atoms with Gasteiger partial charge >= 0.3 is 17.9 Å². The summed E-state index contributed by atoms with van der Waals surface area (Å²) >= 11 is 0. The number of rotatable bonds is 51. The number of carbonyl (C=O) groups is 3. The fourth-order valence-electron chi connectivity index (χ4n) is 7.67. The highest BCUT2D eigenvalue weighted by atomic mass is 16.6. The van der Waals surface area contributed by atoms with Crippen molar-refractivity contribution in [2.45, 2.75) is 258 Å². The highest BCUT2D eigenvalue weighted by Crippen LogP contribution is 2.14. The summed E-state index contributed by atoms with van der Waals surface area (Å²) in [6, 6.07) is 0. The molecule has 1 unspecified atom stereocenters. The molecule has 0 bridgehead atoms. The summed E-state index contributed by atoms with van der Waals surface area (Å²) in [5.74, 6) is -0.923. The second kappa shape index (κ2) is 58.4. The Morgan fingerprint density at radius 1 is 0.296 bits per heavy atom. The van der Waals surface area contributed by atoms with Crippen LogP contribution in [0.2, 0.25) is 0 Å². The van der Waals surface area contributed by atoms with Crippen LogP contribution in [0.15, 0.2) is 122 Å². The maximum Gasteiger partial charge on any atom is 0.306 e. The van der Waals surface area contributed by atoms with Crippen molar-refractivity contribution in [3.05, 3.63) is 122 Å². The van der Waals surface area contributed by atoms with Crippen LogP contribution in [0.1, 0.15) is 252 Å². The third-order valence-corrected chi connectivity index (χ3v) is 12.0. The van der Waals surface area contributed by atoms with E-state index in [0.717, 1.165) is 148 Å². The summed E-state index contributed by atoms with van der Waals surface area (Å²) in [6.07, 6.45) is 80.6. The van der Waals surface area contributed by atoms with Crippen LogP contribution in [0.5, 0.6) is 0 Å². The standard InChI is InChI=1S/C65H106O6/c1-4-7-10-13-16-19-21-23-25-26-27-28-29-30-31-32-33-34-35-36-37-38-40-41-43-46-49-52-55-58-64(67)70-61-62(60-69-63(66)57-54-51-48-45-18-15-12-9-6-3)71-65(68)59-56-53-50-47-44-42-39-24-22-20-17-14-11-8-5-2/h7-8,10-11,16-17,19-20,23-25,27-28,30-31,33-34,36-37,39,62H,4-6,9,12-15,18,21-22,26,29,32,35,38,40-61H2,1-3H3/b10-7-,11-8-,19-16-,20-17-,25-23-,28-27-,31-30-,34-33-,37-36-,39-24-. The van der Waals surface area contributed by atoms with Gasteiger partial charge in [0.05, 0.1) is 0 Å². The van der Waals surface area contributed by atoms with Crippen LogP contribution in [0.3, 0.4) is 0 Å². The topological polar surface area (TPSA) is 78.9 Å². The average molecular weight is 984 g/mol. The molecular formula is C65H106O6. The van der Waals surface area contributed by atoms with E-state index in [-0.39, 0.29) is 31.1 Å². The molecule has 0 aromatic heterocycles. The van der Waals surface area contributed by atoms with Crippen molar-refractivity contribution < 1.29 is 28.6 Å². The lowest BCUT2D eigenvalue weighted by molar-refractivity contribution is -0.167. The Balaban J connectivity index is 4.27. The number of carbonyl (C=O) groups excluding carboxylic acids is 3. The maximum atomic E-state index is 12.8. The number of hydrogen-bond acceptors (Lipinski definition) is 6. The highest BCUT2D eigenvalue weighted by molar-refractivity contribution is 5.71. The van der Waals surface area contributed by atoms with E-state index in [1.807, 2.05) is 0 Å². The molecule has 0 fully saturated rings. The Hall–Kier alpha value is -4.19. The van der Waals surface area contributed by atoms with Crippen LogP contribution in [0.25, 0.3) is 0 Å². The van der Waals surface area contributed by atoms with Crippen molar-refractivity contribution in [3.63, 3.8) is 0 Å². The quantitative estimate of drug-likeness (QED) is 0.0261. The second-order valence-corrected chi connectivity index (χ2v) is 18.8. The lowest BCUT2D eigenvalue weighted by atomic mass is 10.1. The molecule has 0 aliphatic heterocycles. The van der Waals surface area contributed by atoms with Gasteiger partial charge in [-0.05, 0) is 109 Å². The van der Waals surface area contributed by atoms with Gasteiger partial charge in [-0.1, -0.05) is 245 Å². The molecule has 71 heavy (non-hydrogen) atoms. The summed E-state index contributed by atoms with van der Waals surface area (Å²) < 4.78 is 16.8. The van der Waals surface area contributed by atoms with Crippen molar-refractivity contribution in [1.29, 1.82) is 0 Å². The van der Waals surface area contributed by atoms with Gasteiger partial charge in [0.1, 0.15) is 13.2 Å². The van der Waals surface area contributed by atoms with Crippen molar-refractivity contribution in [3.8, 4) is 0 Å². The molecule has 0 aromatic rings. The molecule has 6 nitrogen and oxygen atoms in total. The van der Waals surface area contributed by atoms with E-state index in [0.29, 0.717) is 19.3 Å². The Kier molecular flexibility index (Phi) is 54.9. The zero-order valence-electron chi connectivity index (χ0n) is 45.9. The largest absolute Gasteiger partial charge is 0.462 e. The van der Waals surface area contributed by atoms with Gasteiger partial charge in [-0.15, -0.1) is 0 Å². The normalized spacial score (nSPS) is 13.0. The SMILES string of the molecule is CC/C=C\C/C=C\C/C=C\C/C=C\C/C=C\C/C=C\C/C=C\CCCCCCCCCC(=O)OCC(COC(=O)CCCCCCCCCCC)OC(=O)CCCCCCC/C=C\C/C=C\C/C=C\CC. The van der Waals surface area contributed by atoms with E-state index in [2.05, 4.69) is 142 Å². The molecule has 0 spiro atoms. The fourth-order valence-corrected chi connectivity index (χ4v) is 7.67. The Labute approximate surface area is 437 Å². The predicted octanol–water partition coefficient (Wildman–Crippen LogP) is 19.6. The van der Waals surface area contributed by atoms with Crippen molar-refractivity contribution in [2.75, 3.05) is 13.2 Å². The maximum absolute atomic E-state index is 12.8. The van der Waals surface area contributed by atoms with Crippen LogP contribution < -0.4 is 0 Å². The van der Waals surface area contributed by atoms with E-state index < -0.39 is 6.10 Å². The second-order valence-electron chi connectivity index (χ2n) is 18.8. The number of hydrogen-bond donors (Lipinski definition) is 0. The van der Waals surface area contributed by atoms with Gasteiger partial charge in [-0.3, -0.25) is 14.4 Å². The minimum Gasteiger partial charge on any atom is -0.462 e. The molecule has 0 rings (SSSR count). The van der Waals surface area contributed by atoms with Gasteiger partial charge in [-0.25, -0.2) is 0 Å². The molecule has 0 heterocycles. The Morgan fingerprint density at radius 2 is 0.549 bits per heavy atom. The van der Waals surface area contributed by atoms with Crippen molar-refractivity contribution >= 4 is 17.9 Å². The molecule has 0 saturated carbocycles. The number of ether oxygens (including phenoxy) is 3. The summed E-state index contributed by atoms with van der Waals surface area (Å²) in [6.45, 7) is 6.36. The molecular weight excluding hydrogens is 877 g/mol. The first-order chi connectivity index (χ1) is 35.0. The summed E-state index contributed by atoms with van der Waals surface area (Å²) in [5, 5.41) is 0. The van der Waals surface area contributed by atoms with Gasteiger partial charge in [0.15, 0.2) is 6.10 Å². The fraction of sp³-hybridized carbons (Fsp3) is 0.646. The number of unbranched alkanes of at least 4 members (excludes halogenated alkanes) is 20. The summed E-state index contributed by atoms with van der Waals surface area (Å²) in [5.41, 5.74) is 0. The van der Waals surface area contributed by atoms with E-state index in [9.17, 15) is 14.4 Å². The van der Waals surface area contributed by atoms with Gasteiger partial charge in [0.25, 0.3) is 0 Å². The van der Waals surface area contributed by atoms with Gasteiger partial charge in [0.2, 0.25) is 0 Å². The number of esters is 3. The first kappa shape index (κ1) is 66.8. The van der Waals surface area contributed by atoms with Gasteiger partial charge < -0.3 is 14.2 Å². The van der Waals surface area contributed by atoms with Crippen LogP contribution >= 0.6 is 0 Å². The van der Waals surface area contributed by atoms with Crippen LogP contribution in [-0.2, 0) is 28.6 Å². The number of allylic oxidation sites excluding steroid dienone is 20. The van der Waals surface area contributed by atoms with E-state index in [1.54, 1.807) is 0 Å². The van der Waals surface area contributed by atoms with E-state index in [4.69, 9.17) is 14.2 Å². The first-order valence-corrected chi connectivity index (χ1v) is 29.0. The van der Waals surface area contributed by atoms with Crippen molar-refractivity contribution in [2.24, 2.45) is 0 Å². The van der Waals surface area contributed by atoms with Crippen molar-refractivity contribution in [1.82, 2.24) is 0 Å². The third-order valence-electron chi connectivity index (χ3n) is 12.0. The minimum atomic E-state index is -0.792. The molecule has 6 heteroatoms. The van der Waals surface area contributed by atoms with Crippen LogP contribution in [-0.4, -0.2) is 37.2 Å². The van der Waals surface area contributed by atoms with E-state index in [1.165, 1.54) is 64.2 Å². The van der Waals surface area contributed by atoms with Crippen LogP contribution in [0.4, 0.5) is 0 Å². The molecule has 0 amide bonds. The lowest BCUT2D eigenvalue weighted by Gasteiger charge is -2.18. The van der Waals surface area contributed by atoms with E-state index >= 15 is 0 Å². The zero-order valence-corrected chi connectivity index (χ0v) is 45.9. The molecule has 0 N–H and O–H groups in total. The minimum absolute atomic E-state index is 0.0895. The molecule has 0 aliphatic rings. The Bertz CT molecular complexity index is 1500. The average Bonchev–Trinajstić information content (AvgIpc) is 3.37. The lowest BCUT2D eigenvalue weighted by Crippen LogP contribution is -2.30. The molecule has 402 valence electrons. The first-order valence-electron chi connectivity index (χ1n) is 29.0. The summed E-state index contributed by atoms with van der Waals surface area (Å²) in [7, 11) is 0. The molecule has 0 aliphatic carbocycles. The monoisotopic (exact) mass is 983 g/mol.